The summed E-state index contributed by atoms with van der Waals surface area (Å²) in [5.41, 5.74) is 0.657. The Morgan fingerprint density at radius 1 is 1.23 bits per heavy atom. The van der Waals surface area contributed by atoms with Crippen molar-refractivity contribution in [3.63, 3.8) is 0 Å². The van der Waals surface area contributed by atoms with Gasteiger partial charge in [-0.3, -0.25) is 4.79 Å². The number of fused-ring (bicyclic) bond motifs is 1. The van der Waals surface area contributed by atoms with E-state index in [0.29, 0.717) is 17.1 Å². The van der Waals surface area contributed by atoms with Crippen molar-refractivity contribution in [2.24, 2.45) is 0 Å². The van der Waals surface area contributed by atoms with Gasteiger partial charge in [-0.15, -0.1) is 23.1 Å². The van der Waals surface area contributed by atoms with Crippen molar-refractivity contribution >= 4 is 29.0 Å². The van der Waals surface area contributed by atoms with Gasteiger partial charge >= 0.3 is 0 Å². The zero-order valence-corrected chi connectivity index (χ0v) is 13.7. The van der Waals surface area contributed by atoms with Crippen molar-refractivity contribution < 1.29 is 14.3 Å². The molecule has 3 heterocycles. The molecule has 2 aromatic rings. The van der Waals surface area contributed by atoms with Gasteiger partial charge in [-0.2, -0.15) is 0 Å². The average Bonchev–Trinajstić information content (AvgIpc) is 3.25. The van der Waals surface area contributed by atoms with Gasteiger partial charge in [0.2, 0.25) is 6.79 Å². The summed E-state index contributed by atoms with van der Waals surface area (Å²) in [6, 6.07) is 9.65. The predicted molar refractivity (Wildman–Crippen MR) is 87.9 cm³/mol. The molecule has 4 nitrogen and oxygen atoms in total. The topological polar surface area (TPSA) is 38.8 Å². The molecule has 0 bridgehead atoms. The number of hydrogen-bond donors (Lipinski definition) is 0. The summed E-state index contributed by atoms with van der Waals surface area (Å²) in [4.78, 5) is 17.3. The fourth-order valence-electron chi connectivity index (χ4n) is 2.70. The van der Waals surface area contributed by atoms with Crippen molar-refractivity contribution in [1.82, 2.24) is 4.90 Å². The Hall–Kier alpha value is -1.66. The molecular weight excluding hydrogens is 318 g/mol. The molecule has 1 atom stereocenters. The average molecular weight is 333 g/mol. The molecule has 22 heavy (non-hydrogen) atoms. The van der Waals surface area contributed by atoms with Gasteiger partial charge in [-0.1, -0.05) is 0 Å². The number of thiophene rings is 1. The third-order valence-corrected chi connectivity index (χ3v) is 6.22. The predicted octanol–water partition coefficient (Wildman–Crippen LogP) is 3.67. The lowest BCUT2D eigenvalue weighted by atomic mass is 10.1. The van der Waals surface area contributed by atoms with Gasteiger partial charge in [0.25, 0.3) is 5.91 Å². The molecule has 0 aliphatic carbocycles. The van der Waals surface area contributed by atoms with E-state index in [2.05, 4.69) is 19.1 Å². The number of benzene rings is 1. The van der Waals surface area contributed by atoms with Crippen LogP contribution in [-0.4, -0.2) is 29.9 Å². The highest BCUT2D eigenvalue weighted by atomic mass is 32.2. The van der Waals surface area contributed by atoms with Crippen molar-refractivity contribution in [3.05, 3.63) is 45.6 Å². The molecule has 4 rings (SSSR count). The Bertz CT molecular complexity index is 728. The van der Waals surface area contributed by atoms with E-state index in [1.807, 2.05) is 28.8 Å². The van der Waals surface area contributed by atoms with Crippen molar-refractivity contribution in [3.8, 4) is 11.5 Å². The molecule has 2 aliphatic rings. The molecule has 1 amide bonds. The van der Waals surface area contributed by atoms with Crippen LogP contribution in [0.2, 0.25) is 0 Å². The molecule has 1 unspecified atom stereocenters. The summed E-state index contributed by atoms with van der Waals surface area (Å²) >= 11 is 3.59. The quantitative estimate of drug-likeness (QED) is 0.840. The molecule has 0 N–H and O–H groups in total. The number of carbonyl (C=O) groups is 1. The number of rotatable bonds is 2. The molecule has 0 radical (unpaired) electrons. The second kappa shape index (κ2) is 5.52. The molecule has 114 valence electrons. The third kappa shape index (κ3) is 2.36. The Morgan fingerprint density at radius 3 is 2.91 bits per heavy atom. The number of thioether (sulfide) groups is 1. The standard InChI is InChI=1S/C16H15NO3S2/c1-10-2-5-14(22-10)16-17(6-7-21-16)15(18)11-3-4-12-13(8-11)20-9-19-12/h2-5,8,16H,6-7,9H2,1H3. The summed E-state index contributed by atoms with van der Waals surface area (Å²) in [7, 11) is 0. The highest BCUT2D eigenvalue weighted by molar-refractivity contribution is 7.99. The Labute approximate surface area is 137 Å². The largest absolute Gasteiger partial charge is 0.454 e. The van der Waals surface area contributed by atoms with Crippen LogP contribution in [0.15, 0.2) is 30.3 Å². The summed E-state index contributed by atoms with van der Waals surface area (Å²) in [6.45, 7) is 3.10. The van der Waals surface area contributed by atoms with Crippen LogP contribution in [0, 0.1) is 6.92 Å². The highest BCUT2D eigenvalue weighted by Crippen LogP contribution is 2.42. The monoisotopic (exact) mass is 333 g/mol. The summed E-state index contributed by atoms with van der Waals surface area (Å²) < 4.78 is 10.7. The lowest BCUT2D eigenvalue weighted by Gasteiger charge is -2.23. The molecule has 2 aliphatic heterocycles. The van der Waals surface area contributed by atoms with Gasteiger partial charge in [0.1, 0.15) is 5.37 Å². The fraction of sp³-hybridized carbons (Fsp3) is 0.312. The van der Waals surface area contributed by atoms with Crippen LogP contribution in [0.4, 0.5) is 0 Å². The van der Waals surface area contributed by atoms with Crippen LogP contribution in [0.3, 0.4) is 0 Å². The molecule has 0 spiro atoms. The van der Waals surface area contributed by atoms with Gasteiger partial charge in [0, 0.05) is 27.6 Å². The van der Waals surface area contributed by atoms with Gasteiger partial charge < -0.3 is 14.4 Å². The summed E-state index contributed by atoms with van der Waals surface area (Å²) in [5, 5.41) is 0.122. The van der Waals surface area contributed by atoms with E-state index in [0.717, 1.165) is 12.3 Å². The normalized spacial score (nSPS) is 19.7. The van der Waals surface area contributed by atoms with Gasteiger partial charge in [-0.25, -0.2) is 0 Å². The maximum atomic E-state index is 12.9. The highest BCUT2D eigenvalue weighted by Gasteiger charge is 2.32. The maximum absolute atomic E-state index is 12.9. The van der Waals surface area contributed by atoms with Crippen molar-refractivity contribution in [2.45, 2.75) is 12.3 Å². The van der Waals surface area contributed by atoms with E-state index >= 15 is 0 Å². The molecule has 1 aromatic heterocycles. The van der Waals surface area contributed by atoms with Crippen LogP contribution in [0.5, 0.6) is 11.5 Å². The molecule has 1 aromatic carbocycles. The SMILES string of the molecule is Cc1ccc(C2SCCN2C(=O)c2ccc3c(c2)OCO3)s1. The molecular formula is C16H15NO3S2. The first-order valence-corrected chi connectivity index (χ1v) is 8.97. The Kier molecular flexibility index (Phi) is 3.50. The van der Waals surface area contributed by atoms with Crippen LogP contribution in [-0.2, 0) is 0 Å². The van der Waals surface area contributed by atoms with Crippen LogP contribution in [0.1, 0.15) is 25.5 Å². The first-order chi connectivity index (χ1) is 10.7. The van der Waals surface area contributed by atoms with E-state index < -0.39 is 0 Å². The first kappa shape index (κ1) is 14.0. The zero-order chi connectivity index (χ0) is 15.1. The lowest BCUT2D eigenvalue weighted by Crippen LogP contribution is -2.30. The first-order valence-electron chi connectivity index (χ1n) is 7.11. The third-order valence-electron chi connectivity index (χ3n) is 3.78. The van der Waals surface area contributed by atoms with Crippen LogP contribution < -0.4 is 9.47 Å². The number of ether oxygens (including phenoxy) is 2. The van der Waals surface area contributed by atoms with E-state index in [9.17, 15) is 4.79 Å². The fourth-order valence-corrected chi connectivity index (χ4v) is 5.06. The minimum Gasteiger partial charge on any atom is -0.454 e. The summed E-state index contributed by atoms with van der Waals surface area (Å²) in [5.74, 6) is 2.39. The molecule has 1 saturated heterocycles. The summed E-state index contributed by atoms with van der Waals surface area (Å²) in [6.07, 6.45) is 0. The van der Waals surface area contributed by atoms with Gasteiger partial charge in [-0.05, 0) is 37.3 Å². The van der Waals surface area contributed by atoms with Crippen molar-refractivity contribution in [2.75, 3.05) is 19.1 Å². The van der Waals surface area contributed by atoms with Crippen LogP contribution >= 0.6 is 23.1 Å². The Morgan fingerprint density at radius 2 is 2.09 bits per heavy atom. The van der Waals surface area contributed by atoms with Crippen LogP contribution in [0.25, 0.3) is 0 Å². The number of carbonyl (C=O) groups excluding carboxylic acids is 1. The molecule has 6 heteroatoms. The van der Waals surface area contributed by atoms with Crippen molar-refractivity contribution in [1.29, 1.82) is 0 Å². The smallest absolute Gasteiger partial charge is 0.255 e. The second-order valence-electron chi connectivity index (χ2n) is 5.24. The van der Waals surface area contributed by atoms with Gasteiger partial charge in [0.05, 0.1) is 0 Å². The van der Waals surface area contributed by atoms with E-state index in [1.165, 1.54) is 9.75 Å². The van der Waals surface area contributed by atoms with E-state index in [1.54, 1.807) is 17.4 Å². The van der Waals surface area contributed by atoms with E-state index in [-0.39, 0.29) is 18.1 Å². The Balaban J connectivity index is 1.61. The minimum atomic E-state index is 0.0550. The molecule has 1 fully saturated rings. The minimum absolute atomic E-state index is 0.0550. The van der Waals surface area contributed by atoms with Gasteiger partial charge in [0.15, 0.2) is 11.5 Å². The molecule has 0 saturated carbocycles. The maximum Gasteiger partial charge on any atom is 0.255 e. The number of hydrogen-bond acceptors (Lipinski definition) is 5. The van der Waals surface area contributed by atoms with E-state index in [4.69, 9.17) is 9.47 Å². The number of nitrogens with zero attached hydrogens (tertiary/aromatic N) is 1. The number of aryl methyl sites for hydroxylation is 1. The number of amides is 1. The zero-order valence-electron chi connectivity index (χ0n) is 12.1. The lowest BCUT2D eigenvalue weighted by molar-refractivity contribution is 0.0761. The second-order valence-corrected chi connectivity index (χ2v) is 7.75.